The Hall–Kier alpha value is -1.23. The number of benzene rings is 2. The molecule has 0 saturated carbocycles. The molecule has 0 unspecified atom stereocenters. The third-order valence-electron chi connectivity index (χ3n) is 3.27. The Morgan fingerprint density at radius 3 is 2.38 bits per heavy atom. The lowest BCUT2D eigenvalue weighted by Crippen LogP contribution is -1.95. The van der Waals surface area contributed by atoms with E-state index in [4.69, 9.17) is 23.2 Å². The first-order chi connectivity index (χ1) is 11.3. The number of hydrogen-bond acceptors (Lipinski definition) is 5. The van der Waals surface area contributed by atoms with Gasteiger partial charge in [0, 0.05) is 26.1 Å². The summed E-state index contributed by atoms with van der Waals surface area (Å²) in [5.74, 6) is 0. The molecule has 0 atom stereocenters. The maximum Gasteiger partial charge on any atom is 0.175 e. The van der Waals surface area contributed by atoms with Crippen LogP contribution in [0.25, 0.3) is 10.1 Å². The SMILES string of the molecule is CS(=O)(=O)c1ccc2c(Sc3c(Cl)cccc3Cl)c(C#N)sc2c1. The predicted octanol–water partition coefficient (Wildman–Crippen LogP) is 5.63. The van der Waals surface area contributed by atoms with Gasteiger partial charge < -0.3 is 0 Å². The van der Waals surface area contributed by atoms with Gasteiger partial charge in [-0.3, -0.25) is 0 Å². The third-order valence-corrected chi connectivity index (χ3v) is 7.69. The van der Waals surface area contributed by atoms with Gasteiger partial charge in [0.2, 0.25) is 0 Å². The molecule has 8 heteroatoms. The number of sulfone groups is 1. The van der Waals surface area contributed by atoms with Crippen molar-refractivity contribution >= 4 is 66.2 Å². The van der Waals surface area contributed by atoms with Gasteiger partial charge >= 0.3 is 0 Å². The average molecular weight is 414 g/mol. The van der Waals surface area contributed by atoms with Gasteiger partial charge in [-0.2, -0.15) is 5.26 Å². The highest BCUT2D eigenvalue weighted by Crippen LogP contribution is 2.45. The number of thiophene rings is 1. The van der Waals surface area contributed by atoms with Crippen molar-refractivity contribution in [1.29, 1.82) is 5.26 Å². The van der Waals surface area contributed by atoms with E-state index in [0.29, 0.717) is 19.8 Å². The van der Waals surface area contributed by atoms with Gasteiger partial charge in [0.25, 0.3) is 0 Å². The Labute approximate surface area is 157 Å². The lowest BCUT2D eigenvalue weighted by molar-refractivity contribution is 0.602. The van der Waals surface area contributed by atoms with Gasteiger partial charge in [0.15, 0.2) is 9.84 Å². The van der Waals surface area contributed by atoms with Gasteiger partial charge in [-0.05, 0) is 24.3 Å². The Morgan fingerprint density at radius 2 is 1.79 bits per heavy atom. The van der Waals surface area contributed by atoms with E-state index in [0.717, 1.165) is 21.2 Å². The largest absolute Gasteiger partial charge is 0.224 e. The van der Waals surface area contributed by atoms with Crippen molar-refractivity contribution in [3.63, 3.8) is 0 Å². The molecule has 0 aliphatic heterocycles. The van der Waals surface area contributed by atoms with E-state index in [1.807, 2.05) is 0 Å². The van der Waals surface area contributed by atoms with Crippen LogP contribution in [0.2, 0.25) is 10.0 Å². The number of halogens is 2. The Bertz CT molecular complexity index is 1080. The maximum absolute atomic E-state index is 11.7. The molecule has 3 aromatic rings. The van der Waals surface area contributed by atoms with E-state index >= 15 is 0 Å². The molecule has 0 radical (unpaired) electrons. The molecule has 0 saturated heterocycles. The standard InChI is InChI=1S/C16H9Cl2NO2S3/c1-24(20,21)9-5-6-10-13(7-9)22-14(8-19)15(10)23-16-11(17)3-2-4-12(16)18/h2-7H,1H3. The fourth-order valence-corrected chi connectivity index (χ4v) is 5.70. The number of fused-ring (bicyclic) bond motifs is 1. The van der Waals surface area contributed by atoms with Crippen molar-refractivity contribution in [2.24, 2.45) is 0 Å². The molecule has 24 heavy (non-hydrogen) atoms. The second-order valence-electron chi connectivity index (χ2n) is 4.96. The van der Waals surface area contributed by atoms with Crippen molar-refractivity contribution < 1.29 is 8.42 Å². The topological polar surface area (TPSA) is 57.9 Å². The van der Waals surface area contributed by atoms with Crippen LogP contribution in [0.15, 0.2) is 51.1 Å². The molecule has 0 fully saturated rings. The van der Waals surface area contributed by atoms with Crippen LogP contribution in [0.4, 0.5) is 0 Å². The monoisotopic (exact) mass is 413 g/mol. The second-order valence-corrected chi connectivity index (χ2v) is 9.86. The summed E-state index contributed by atoms with van der Waals surface area (Å²) >= 11 is 15.0. The molecule has 0 aliphatic carbocycles. The van der Waals surface area contributed by atoms with Gasteiger partial charge in [-0.25, -0.2) is 8.42 Å². The van der Waals surface area contributed by atoms with E-state index in [-0.39, 0.29) is 4.90 Å². The first-order valence-electron chi connectivity index (χ1n) is 6.60. The zero-order chi connectivity index (χ0) is 17.5. The normalized spacial score (nSPS) is 11.6. The van der Waals surface area contributed by atoms with Crippen LogP contribution in [0.5, 0.6) is 0 Å². The fraction of sp³-hybridized carbons (Fsp3) is 0.0625. The Morgan fingerprint density at radius 1 is 1.12 bits per heavy atom. The molecule has 3 rings (SSSR count). The predicted molar refractivity (Wildman–Crippen MR) is 100 cm³/mol. The van der Waals surface area contributed by atoms with Crippen LogP contribution in [0.1, 0.15) is 4.88 Å². The van der Waals surface area contributed by atoms with Gasteiger partial charge in [0.05, 0.1) is 14.9 Å². The van der Waals surface area contributed by atoms with Crippen LogP contribution < -0.4 is 0 Å². The zero-order valence-corrected chi connectivity index (χ0v) is 16.2. The molecule has 0 amide bonds. The molecular weight excluding hydrogens is 405 g/mol. The Kier molecular flexibility index (Phi) is 4.82. The van der Waals surface area contributed by atoms with Crippen molar-refractivity contribution in [1.82, 2.24) is 0 Å². The van der Waals surface area contributed by atoms with Crippen molar-refractivity contribution in [2.75, 3.05) is 6.26 Å². The Balaban J connectivity index is 2.19. The highest BCUT2D eigenvalue weighted by molar-refractivity contribution is 8.00. The molecule has 0 N–H and O–H groups in total. The zero-order valence-electron chi connectivity index (χ0n) is 12.2. The highest BCUT2D eigenvalue weighted by atomic mass is 35.5. The second kappa shape index (κ2) is 6.58. The lowest BCUT2D eigenvalue weighted by Gasteiger charge is -2.06. The minimum atomic E-state index is -3.30. The molecular formula is C16H9Cl2NO2S3. The average Bonchev–Trinajstić information content (AvgIpc) is 2.87. The smallest absolute Gasteiger partial charge is 0.175 e. The van der Waals surface area contributed by atoms with Crippen LogP contribution >= 0.6 is 46.3 Å². The van der Waals surface area contributed by atoms with E-state index in [2.05, 4.69) is 6.07 Å². The minimum Gasteiger partial charge on any atom is -0.224 e. The van der Waals surface area contributed by atoms with Crippen molar-refractivity contribution in [3.05, 3.63) is 51.3 Å². The summed E-state index contributed by atoms with van der Waals surface area (Å²) in [6.45, 7) is 0. The lowest BCUT2D eigenvalue weighted by atomic mass is 10.2. The minimum absolute atomic E-state index is 0.230. The summed E-state index contributed by atoms with van der Waals surface area (Å²) in [4.78, 5) is 2.13. The summed E-state index contributed by atoms with van der Waals surface area (Å²) in [6, 6.07) is 12.2. The van der Waals surface area contributed by atoms with E-state index in [1.165, 1.54) is 23.1 Å². The van der Waals surface area contributed by atoms with E-state index in [9.17, 15) is 13.7 Å². The van der Waals surface area contributed by atoms with Crippen molar-refractivity contribution in [3.8, 4) is 6.07 Å². The van der Waals surface area contributed by atoms with Crippen LogP contribution in [0.3, 0.4) is 0 Å². The van der Waals surface area contributed by atoms with Crippen LogP contribution in [-0.4, -0.2) is 14.7 Å². The number of nitrogens with zero attached hydrogens (tertiary/aromatic N) is 1. The van der Waals surface area contributed by atoms with Gasteiger partial charge in [-0.15, -0.1) is 11.3 Å². The maximum atomic E-state index is 11.7. The molecule has 0 aliphatic rings. The molecule has 0 spiro atoms. The summed E-state index contributed by atoms with van der Waals surface area (Å²) in [5.41, 5.74) is 0. The fourth-order valence-electron chi connectivity index (χ4n) is 2.14. The van der Waals surface area contributed by atoms with Gasteiger partial charge in [-0.1, -0.05) is 47.1 Å². The third kappa shape index (κ3) is 3.28. The molecule has 1 aromatic heterocycles. The molecule has 3 nitrogen and oxygen atoms in total. The molecule has 0 bridgehead atoms. The number of rotatable bonds is 3. The summed E-state index contributed by atoms with van der Waals surface area (Å²) < 4.78 is 24.2. The summed E-state index contributed by atoms with van der Waals surface area (Å²) in [7, 11) is -3.30. The summed E-state index contributed by atoms with van der Waals surface area (Å²) in [6.07, 6.45) is 1.16. The van der Waals surface area contributed by atoms with Gasteiger partial charge in [0.1, 0.15) is 10.9 Å². The molecule has 122 valence electrons. The van der Waals surface area contributed by atoms with E-state index < -0.39 is 9.84 Å². The first-order valence-corrected chi connectivity index (χ1v) is 10.9. The van der Waals surface area contributed by atoms with Crippen LogP contribution in [0, 0.1) is 11.3 Å². The van der Waals surface area contributed by atoms with Crippen molar-refractivity contribution in [2.45, 2.75) is 14.7 Å². The highest BCUT2D eigenvalue weighted by Gasteiger charge is 2.18. The molecule has 2 aromatic carbocycles. The molecule has 1 heterocycles. The number of nitriles is 1. The summed E-state index contributed by atoms with van der Waals surface area (Å²) in [5, 5.41) is 11.2. The van der Waals surface area contributed by atoms with E-state index in [1.54, 1.807) is 36.4 Å². The first kappa shape index (κ1) is 17.6. The van der Waals surface area contributed by atoms with Crippen LogP contribution in [-0.2, 0) is 9.84 Å². The number of hydrogen-bond donors (Lipinski definition) is 0. The quantitative estimate of drug-likeness (QED) is 0.557.